The molecule has 0 unspecified atom stereocenters. The Morgan fingerprint density at radius 2 is 0.800 bits per heavy atom. The fourth-order valence-corrected chi connectivity index (χ4v) is 6.67. The van der Waals surface area contributed by atoms with E-state index in [0.717, 1.165) is 69.5 Å². The number of rotatable bonds is 15. The third-order valence-electron chi connectivity index (χ3n) is 10.6. The molecule has 2 saturated heterocycles. The van der Waals surface area contributed by atoms with E-state index in [1.807, 2.05) is 0 Å². The van der Waals surface area contributed by atoms with Crippen LogP contribution in [0.4, 0.5) is 17.1 Å². The molecule has 0 amide bonds. The molecule has 0 aromatic heterocycles. The van der Waals surface area contributed by atoms with Gasteiger partial charge in [0.2, 0.25) is 0 Å². The number of ether oxygens (including phenoxy) is 4. The van der Waals surface area contributed by atoms with Crippen LogP contribution < -0.4 is 4.90 Å². The van der Waals surface area contributed by atoms with Crippen molar-refractivity contribution in [2.45, 2.75) is 46.8 Å². The van der Waals surface area contributed by atoms with Gasteiger partial charge in [0.05, 0.1) is 52.9 Å². The van der Waals surface area contributed by atoms with Crippen molar-refractivity contribution in [2.24, 2.45) is 10.8 Å². The van der Waals surface area contributed by atoms with E-state index in [2.05, 4.69) is 147 Å². The second kappa shape index (κ2) is 15.3. The van der Waals surface area contributed by atoms with Crippen LogP contribution in [0.5, 0.6) is 0 Å². The predicted molar refractivity (Wildman–Crippen MR) is 203 cm³/mol. The van der Waals surface area contributed by atoms with E-state index in [1.165, 1.54) is 38.9 Å². The lowest BCUT2D eigenvalue weighted by Gasteiger charge is -2.40. The SMILES string of the molecule is CCC1(COCc2ccc(-c3ccc(N(c4ccc(C)cc4)c4ccc(-c5ccc(COCC6(CC)COC6)cc5)cc4)cc3)cc2)COC1. The van der Waals surface area contributed by atoms with Gasteiger partial charge in [-0.2, -0.15) is 0 Å². The molecule has 5 heteroatoms. The maximum Gasteiger partial charge on any atom is 0.0717 e. The second-order valence-corrected chi connectivity index (χ2v) is 14.3. The number of nitrogens with zero attached hydrogens (tertiary/aromatic N) is 1. The van der Waals surface area contributed by atoms with E-state index in [4.69, 9.17) is 18.9 Å². The molecule has 7 rings (SSSR count). The van der Waals surface area contributed by atoms with Gasteiger partial charge in [-0.25, -0.2) is 0 Å². The van der Waals surface area contributed by atoms with Gasteiger partial charge in [-0.05, 0) is 89.5 Å². The summed E-state index contributed by atoms with van der Waals surface area (Å²) in [6.45, 7) is 12.6. The summed E-state index contributed by atoms with van der Waals surface area (Å²) in [5.41, 5.74) is 12.2. The highest BCUT2D eigenvalue weighted by molar-refractivity contribution is 5.79. The molecule has 2 fully saturated rings. The van der Waals surface area contributed by atoms with E-state index in [9.17, 15) is 0 Å². The van der Waals surface area contributed by atoms with Gasteiger partial charge in [0.15, 0.2) is 0 Å². The average Bonchev–Trinajstić information content (AvgIpc) is 3.13. The Hall–Kier alpha value is -4.26. The van der Waals surface area contributed by atoms with E-state index in [0.29, 0.717) is 13.2 Å². The third kappa shape index (κ3) is 7.72. The van der Waals surface area contributed by atoms with Crippen molar-refractivity contribution in [1.82, 2.24) is 0 Å². The van der Waals surface area contributed by atoms with Crippen molar-refractivity contribution < 1.29 is 18.9 Å². The smallest absolute Gasteiger partial charge is 0.0717 e. The summed E-state index contributed by atoms with van der Waals surface area (Å²) in [6.07, 6.45) is 2.19. The molecule has 5 aromatic carbocycles. The molecule has 258 valence electrons. The maximum absolute atomic E-state index is 6.07. The van der Waals surface area contributed by atoms with Gasteiger partial charge < -0.3 is 23.8 Å². The minimum atomic E-state index is 0.211. The molecule has 0 radical (unpaired) electrons. The summed E-state index contributed by atoms with van der Waals surface area (Å²) in [5, 5.41) is 0. The van der Waals surface area contributed by atoms with Gasteiger partial charge in [0, 0.05) is 27.9 Å². The first-order valence-electron chi connectivity index (χ1n) is 18.0. The Morgan fingerprint density at radius 3 is 1.10 bits per heavy atom. The Bertz CT molecular complexity index is 1680. The molecule has 0 N–H and O–H groups in total. The first kappa shape index (κ1) is 34.2. The van der Waals surface area contributed by atoms with E-state index < -0.39 is 0 Å². The standard InChI is InChI=1S/C45H49NO4/c1-4-44(30-49-31-44)28-47-26-35-8-12-37(13-9-35)39-16-22-42(23-17-39)46(41-20-6-34(3)7-21-41)43-24-18-40(19-25-43)38-14-10-36(11-15-38)27-48-29-45(5-2)32-50-33-45/h6-25H,4-5,26-33H2,1-3H3. The van der Waals surface area contributed by atoms with Crippen LogP contribution in [-0.4, -0.2) is 39.6 Å². The highest BCUT2D eigenvalue weighted by Gasteiger charge is 2.37. The molecule has 0 aliphatic carbocycles. The molecule has 0 atom stereocenters. The number of benzene rings is 5. The molecule has 0 spiro atoms. The zero-order chi connectivity index (χ0) is 34.4. The zero-order valence-corrected chi connectivity index (χ0v) is 29.7. The van der Waals surface area contributed by atoms with Crippen LogP contribution in [0.15, 0.2) is 121 Å². The van der Waals surface area contributed by atoms with Crippen molar-refractivity contribution in [2.75, 3.05) is 44.5 Å². The minimum absolute atomic E-state index is 0.211. The van der Waals surface area contributed by atoms with Gasteiger partial charge in [-0.3, -0.25) is 0 Å². The first-order chi connectivity index (χ1) is 24.5. The normalized spacial score (nSPS) is 16.0. The lowest BCUT2D eigenvalue weighted by Crippen LogP contribution is -2.45. The summed E-state index contributed by atoms with van der Waals surface area (Å²) < 4.78 is 23.0. The van der Waals surface area contributed by atoms with E-state index in [1.54, 1.807) is 0 Å². The van der Waals surface area contributed by atoms with Crippen molar-refractivity contribution >= 4 is 17.1 Å². The Kier molecular flexibility index (Phi) is 10.5. The number of anilines is 3. The Balaban J connectivity index is 1.03. The molecule has 0 saturated carbocycles. The predicted octanol–water partition coefficient (Wildman–Crippen LogP) is 10.7. The van der Waals surface area contributed by atoms with Crippen molar-refractivity contribution in [3.05, 3.63) is 138 Å². The topological polar surface area (TPSA) is 40.2 Å². The van der Waals surface area contributed by atoms with Crippen molar-refractivity contribution in [3.63, 3.8) is 0 Å². The van der Waals surface area contributed by atoms with Crippen molar-refractivity contribution in [3.8, 4) is 22.3 Å². The maximum atomic E-state index is 6.07. The summed E-state index contributed by atoms with van der Waals surface area (Å²) in [5.74, 6) is 0. The molecular formula is C45H49NO4. The number of hydrogen-bond donors (Lipinski definition) is 0. The van der Waals surface area contributed by atoms with Crippen LogP contribution in [0.25, 0.3) is 22.3 Å². The lowest BCUT2D eigenvalue weighted by molar-refractivity contribution is -0.152. The van der Waals surface area contributed by atoms with Crippen LogP contribution in [0.3, 0.4) is 0 Å². The molecule has 2 heterocycles. The van der Waals surface area contributed by atoms with Gasteiger partial charge >= 0.3 is 0 Å². The van der Waals surface area contributed by atoms with Gasteiger partial charge in [0.25, 0.3) is 0 Å². The monoisotopic (exact) mass is 667 g/mol. The zero-order valence-electron chi connectivity index (χ0n) is 29.7. The fourth-order valence-electron chi connectivity index (χ4n) is 6.67. The summed E-state index contributed by atoms with van der Waals surface area (Å²) in [7, 11) is 0. The lowest BCUT2D eigenvalue weighted by atomic mass is 9.84. The molecule has 2 aliphatic heterocycles. The highest BCUT2D eigenvalue weighted by Crippen LogP contribution is 2.37. The van der Waals surface area contributed by atoms with Crippen LogP contribution in [0, 0.1) is 17.8 Å². The van der Waals surface area contributed by atoms with Crippen LogP contribution >= 0.6 is 0 Å². The van der Waals surface area contributed by atoms with Gasteiger partial charge in [0.1, 0.15) is 0 Å². The van der Waals surface area contributed by atoms with Crippen LogP contribution in [0.2, 0.25) is 0 Å². The Morgan fingerprint density at radius 1 is 0.480 bits per heavy atom. The quantitative estimate of drug-likeness (QED) is 0.111. The van der Waals surface area contributed by atoms with Gasteiger partial charge in [-0.1, -0.05) is 104 Å². The number of hydrogen-bond acceptors (Lipinski definition) is 5. The molecule has 0 bridgehead atoms. The average molecular weight is 668 g/mol. The molecule has 5 aromatic rings. The van der Waals surface area contributed by atoms with E-state index in [-0.39, 0.29) is 10.8 Å². The molecule has 5 nitrogen and oxygen atoms in total. The fraction of sp³-hybridized carbons (Fsp3) is 0.333. The molecule has 2 aliphatic rings. The van der Waals surface area contributed by atoms with Crippen LogP contribution in [0.1, 0.15) is 43.4 Å². The molecular weight excluding hydrogens is 618 g/mol. The summed E-state index contributed by atoms with van der Waals surface area (Å²) in [4.78, 5) is 2.32. The van der Waals surface area contributed by atoms with E-state index >= 15 is 0 Å². The Labute approximate surface area is 297 Å². The largest absolute Gasteiger partial charge is 0.380 e. The van der Waals surface area contributed by atoms with Crippen molar-refractivity contribution in [1.29, 1.82) is 0 Å². The highest BCUT2D eigenvalue weighted by atomic mass is 16.5. The van der Waals surface area contributed by atoms with Gasteiger partial charge in [-0.15, -0.1) is 0 Å². The molecule has 50 heavy (non-hydrogen) atoms. The summed E-state index contributed by atoms with van der Waals surface area (Å²) in [6, 6.07) is 43.9. The third-order valence-corrected chi connectivity index (χ3v) is 10.6. The number of aryl methyl sites for hydroxylation is 1. The second-order valence-electron chi connectivity index (χ2n) is 14.3. The minimum Gasteiger partial charge on any atom is -0.380 e. The first-order valence-corrected chi connectivity index (χ1v) is 18.0. The summed E-state index contributed by atoms with van der Waals surface area (Å²) >= 11 is 0. The van der Waals surface area contributed by atoms with Crippen LogP contribution in [-0.2, 0) is 32.2 Å².